The highest BCUT2D eigenvalue weighted by Gasteiger charge is 2.34. The summed E-state index contributed by atoms with van der Waals surface area (Å²) in [4.78, 5) is 13.5. The van der Waals surface area contributed by atoms with Crippen LogP contribution in [0.25, 0.3) is 0 Å². The van der Waals surface area contributed by atoms with Crippen molar-refractivity contribution in [3.8, 4) is 6.07 Å². The van der Waals surface area contributed by atoms with E-state index in [4.69, 9.17) is 5.26 Å². The predicted molar refractivity (Wildman–Crippen MR) is 51.5 cm³/mol. The molecule has 0 heterocycles. The number of nitrogens with one attached hydrogen (secondary N) is 1. The Kier molecular flexibility index (Phi) is 2.58. The normalized spacial score (nSPS) is 19.9. The zero-order valence-corrected chi connectivity index (χ0v) is 8.20. The molecular formula is C10H15N3O. The van der Waals surface area contributed by atoms with Gasteiger partial charge in [0, 0.05) is 18.6 Å². The second kappa shape index (κ2) is 3.87. The summed E-state index contributed by atoms with van der Waals surface area (Å²) in [6, 6.07) is 2.93. The fourth-order valence-corrected chi connectivity index (χ4v) is 1.49. The van der Waals surface area contributed by atoms with Crippen LogP contribution in [0.5, 0.6) is 0 Å². The van der Waals surface area contributed by atoms with E-state index in [0.29, 0.717) is 25.0 Å². The number of rotatable bonds is 4. The monoisotopic (exact) mass is 193 g/mol. The number of amides is 2. The summed E-state index contributed by atoms with van der Waals surface area (Å²) in [5.74, 6) is 0. The van der Waals surface area contributed by atoms with Crippen molar-refractivity contribution >= 4 is 6.03 Å². The quantitative estimate of drug-likeness (QED) is 0.730. The van der Waals surface area contributed by atoms with Crippen LogP contribution in [0.1, 0.15) is 32.1 Å². The van der Waals surface area contributed by atoms with Gasteiger partial charge in [0.1, 0.15) is 0 Å². The third-order valence-corrected chi connectivity index (χ3v) is 2.62. The van der Waals surface area contributed by atoms with Crippen molar-refractivity contribution in [2.45, 2.75) is 44.2 Å². The minimum atomic E-state index is 0.0326. The van der Waals surface area contributed by atoms with Crippen LogP contribution in [0.3, 0.4) is 0 Å². The molecule has 0 aromatic rings. The van der Waals surface area contributed by atoms with Crippen molar-refractivity contribution in [2.75, 3.05) is 6.54 Å². The number of carbonyl (C=O) groups is 1. The molecule has 14 heavy (non-hydrogen) atoms. The molecule has 0 spiro atoms. The van der Waals surface area contributed by atoms with E-state index in [1.807, 2.05) is 4.90 Å². The molecule has 2 aliphatic rings. The molecule has 0 saturated heterocycles. The molecule has 2 fully saturated rings. The first kappa shape index (κ1) is 9.32. The van der Waals surface area contributed by atoms with Gasteiger partial charge in [-0.1, -0.05) is 0 Å². The lowest BCUT2D eigenvalue weighted by Gasteiger charge is -2.21. The lowest BCUT2D eigenvalue weighted by atomic mass is 10.4. The van der Waals surface area contributed by atoms with Crippen LogP contribution >= 0.6 is 0 Å². The summed E-state index contributed by atoms with van der Waals surface area (Å²) < 4.78 is 0. The van der Waals surface area contributed by atoms with Gasteiger partial charge in [-0.3, -0.25) is 0 Å². The van der Waals surface area contributed by atoms with Crippen molar-refractivity contribution in [3.05, 3.63) is 0 Å². The molecule has 0 aromatic heterocycles. The van der Waals surface area contributed by atoms with E-state index in [9.17, 15) is 4.79 Å². The Morgan fingerprint density at radius 3 is 2.64 bits per heavy atom. The van der Waals surface area contributed by atoms with Crippen LogP contribution in [0.2, 0.25) is 0 Å². The van der Waals surface area contributed by atoms with Gasteiger partial charge < -0.3 is 10.2 Å². The van der Waals surface area contributed by atoms with Crippen LogP contribution in [0.15, 0.2) is 0 Å². The highest BCUT2D eigenvalue weighted by Crippen LogP contribution is 2.28. The van der Waals surface area contributed by atoms with E-state index in [-0.39, 0.29) is 6.03 Å². The molecule has 1 N–H and O–H groups in total. The molecule has 0 aliphatic heterocycles. The first-order chi connectivity index (χ1) is 6.81. The molecule has 4 heteroatoms. The summed E-state index contributed by atoms with van der Waals surface area (Å²) in [5, 5.41) is 11.4. The number of nitriles is 1. The van der Waals surface area contributed by atoms with Crippen LogP contribution in [0.4, 0.5) is 4.79 Å². The van der Waals surface area contributed by atoms with E-state index in [0.717, 1.165) is 25.7 Å². The zero-order chi connectivity index (χ0) is 9.97. The third-order valence-electron chi connectivity index (χ3n) is 2.62. The van der Waals surface area contributed by atoms with E-state index < -0.39 is 0 Å². The van der Waals surface area contributed by atoms with Gasteiger partial charge in [-0.05, 0) is 25.7 Å². The Labute approximate surface area is 83.9 Å². The van der Waals surface area contributed by atoms with Crippen LogP contribution in [0, 0.1) is 11.3 Å². The molecular weight excluding hydrogens is 178 g/mol. The van der Waals surface area contributed by atoms with Gasteiger partial charge in [-0.15, -0.1) is 0 Å². The predicted octanol–water partition coefficient (Wildman–Crippen LogP) is 1.24. The average Bonchev–Trinajstić information content (AvgIpc) is 2.98. The van der Waals surface area contributed by atoms with E-state index in [1.165, 1.54) is 0 Å². The Morgan fingerprint density at radius 1 is 1.43 bits per heavy atom. The van der Waals surface area contributed by atoms with Gasteiger partial charge in [0.05, 0.1) is 12.5 Å². The number of hydrogen-bond donors (Lipinski definition) is 1. The molecule has 2 aliphatic carbocycles. The Balaban J connectivity index is 1.81. The number of hydrogen-bond acceptors (Lipinski definition) is 2. The van der Waals surface area contributed by atoms with Gasteiger partial charge in [0.25, 0.3) is 0 Å². The van der Waals surface area contributed by atoms with Crippen LogP contribution in [-0.2, 0) is 0 Å². The summed E-state index contributed by atoms with van der Waals surface area (Å²) in [7, 11) is 0. The number of nitrogens with zero attached hydrogens (tertiary/aromatic N) is 2. The van der Waals surface area contributed by atoms with Crippen molar-refractivity contribution in [1.82, 2.24) is 10.2 Å². The van der Waals surface area contributed by atoms with Gasteiger partial charge in [-0.2, -0.15) is 5.26 Å². The van der Waals surface area contributed by atoms with E-state index in [1.54, 1.807) is 0 Å². The average molecular weight is 193 g/mol. The largest absolute Gasteiger partial charge is 0.335 e. The summed E-state index contributed by atoms with van der Waals surface area (Å²) >= 11 is 0. The second-order valence-corrected chi connectivity index (χ2v) is 4.06. The molecule has 4 nitrogen and oxygen atoms in total. The van der Waals surface area contributed by atoms with E-state index in [2.05, 4.69) is 11.4 Å². The van der Waals surface area contributed by atoms with Gasteiger partial charge in [-0.25, -0.2) is 4.79 Å². The minimum absolute atomic E-state index is 0.0326. The van der Waals surface area contributed by atoms with Crippen LogP contribution < -0.4 is 5.32 Å². The van der Waals surface area contributed by atoms with Crippen molar-refractivity contribution in [3.63, 3.8) is 0 Å². The standard InChI is InChI=1S/C10H15N3O/c11-6-1-7-13(9-4-5-9)10(14)12-8-2-3-8/h8-9H,1-5,7H2,(H,12,14). The molecule has 2 saturated carbocycles. The number of carbonyl (C=O) groups excluding carboxylic acids is 1. The van der Waals surface area contributed by atoms with Crippen molar-refractivity contribution in [2.24, 2.45) is 0 Å². The summed E-state index contributed by atoms with van der Waals surface area (Å²) in [6.07, 6.45) is 4.87. The second-order valence-electron chi connectivity index (χ2n) is 4.06. The van der Waals surface area contributed by atoms with Crippen molar-refractivity contribution < 1.29 is 4.79 Å². The smallest absolute Gasteiger partial charge is 0.317 e. The van der Waals surface area contributed by atoms with E-state index >= 15 is 0 Å². The van der Waals surface area contributed by atoms with Crippen molar-refractivity contribution in [1.29, 1.82) is 5.26 Å². The van der Waals surface area contributed by atoms with Gasteiger partial charge in [0.2, 0.25) is 0 Å². The molecule has 0 aromatic carbocycles. The Bertz CT molecular complexity index is 263. The highest BCUT2D eigenvalue weighted by molar-refractivity contribution is 5.75. The SMILES string of the molecule is N#CCCN(C(=O)NC1CC1)C1CC1. The summed E-state index contributed by atoms with van der Waals surface area (Å²) in [5.41, 5.74) is 0. The molecule has 0 radical (unpaired) electrons. The maximum Gasteiger partial charge on any atom is 0.317 e. The fourth-order valence-electron chi connectivity index (χ4n) is 1.49. The van der Waals surface area contributed by atoms with Crippen LogP contribution in [-0.4, -0.2) is 29.6 Å². The number of urea groups is 1. The fraction of sp³-hybridized carbons (Fsp3) is 0.800. The maximum absolute atomic E-state index is 11.7. The molecule has 0 atom stereocenters. The topological polar surface area (TPSA) is 56.1 Å². The molecule has 0 bridgehead atoms. The van der Waals surface area contributed by atoms with Gasteiger partial charge in [0.15, 0.2) is 0 Å². The lowest BCUT2D eigenvalue weighted by molar-refractivity contribution is 0.195. The molecule has 76 valence electrons. The summed E-state index contributed by atoms with van der Waals surface area (Å²) in [6.45, 7) is 0.583. The maximum atomic E-state index is 11.7. The lowest BCUT2D eigenvalue weighted by Crippen LogP contribution is -2.42. The molecule has 0 unspecified atom stereocenters. The third kappa shape index (κ3) is 2.38. The zero-order valence-electron chi connectivity index (χ0n) is 8.20. The van der Waals surface area contributed by atoms with Gasteiger partial charge >= 0.3 is 6.03 Å². The Hall–Kier alpha value is -1.24. The highest BCUT2D eigenvalue weighted by atomic mass is 16.2. The molecule has 2 rings (SSSR count). The molecule has 2 amide bonds. The minimum Gasteiger partial charge on any atom is -0.335 e. The first-order valence-corrected chi connectivity index (χ1v) is 5.25. The Morgan fingerprint density at radius 2 is 2.14 bits per heavy atom. The first-order valence-electron chi connectivity index (χ1n) is 5.25.